The number of benzene rings is 1. The van der Waals surface area contributed by atoms with Crippen LogP contribution in [0.4, 0.5) is 0 Å². The van der Waals surface area contributed by atoms with Crippen LogP contribution in [0.5, 0.6) is 0 Å². The third-order valence-electron chi connectivity index (χ3n) is 4.38. The number of carbonyl (C=O) groups excluding carboxylic acids is 1. The minimum Gasteiger partial charge on any atom is -0.379 e. The number of sulfonamides is 1. The van der Waals surface area contributed by atoms with Crippen molar-refractivity contribution in [3.8, 4) is 0 Å². The third kappa shape index (κ3) is 4.40. The molecule has 0 spiro atoms. The smallest absolute Gasteiger partial charge is 0.243 e. The van der Waals surface area contributed by atoms with E-state index >= 15 is 0 Å². The van der Waals surface area contributed by atoms with Crippen LogP contribution in [0.3, 0.4) is 0 Å². The number of hydrogen-bond acceptors (Lipinski definition) is 6. The van der Waals surface area contributed by atoms with E-state index in [1.165, 1.54) is 16.1 Å². The van der Waals surface area contributed by atoms with E-state index in [0.29, 0.717) is 50.1 Å². The number of nitrogens with one attached hydrogen (secondary N) is 1. The molecule has 0 unspecified atom stereocenters. The minimum atomic E-state index is -3.58. The molecule has 152 valence electrons. The summed E-state index contributed by atoms with van der Waals surface area (Å²) in [5.41, 5.74) is 1.45. The highest BCUT2D eigenvalue weighted by Crippen LogP contribution is 2.27. The Labute approximate surface area is 169 Å². The fourth-order valence-electron chi connectivity index (χ4n) is 2.97. The number of thioether (sulfide) groups is 1. The Hall–Kier alpha value is -1.88. The quantitative estimate of drug-likeness (QED) is 0.510. The maximum Gasteiger partial charge on any atom is 0.243 e. The van der Waals surface area contributed by atoms with Gasteiger partial charge in [-0.15, -0.1) is 6.58 Å². The second-order valence-corrected chi connectivity index (χ2v) is 9.07. The first-order valence-electron chi connectivity index (χ1n) is 9.06. The van der Waals surface area contributed by atoms with Gasteiger partial charge in [0.1, 0.15) is 0 Å². The van der Waals surface area contributed by atoms with E-state index in [-0.39, 0.29) is 16.6 Å². The number of aryl methyl sites for hydroxylation is 1. The molecular formula is C18H24N4O4S2. The summed E-state index contributed by atoms with van der Waals surface area (Å²) < 4.78 is 34.4. The van der Waals surface area contributed by atoms with Gasteiger partial charge in [0.15, 0.2) is 5.16 Å². The average Bonchev–Trinajstić information content (AvgIpc) is 3.08. The van der Waals surface area contributed by atoms with Gasteiger partial charge in [-0.3, -0.25) is 4.79 Å². The summed E-state index contributed by atoms with van der Waals surface area (Å²) in [6.07, 6.45) is 1.63. The van der Waals surface area contributed by atoms with E-state index in [2.05, 4.69) is 16.9 Å². The predicted octanol–water partition coefficient (Wildman–Crippen LogP) is 1.47. The molecule has 0 aliphatic carbocycles. The summed E-state index contributed by atoms with van der Waals surface area (Å²) in [6, 6.07) is 5.00. The summed E-state index contributed by atoms with van der Waals surface area (Å²) in [7, 11) is -3.58. The molecule has 3 rings (SSSR count). The van der Waals surface area contributed by atoms with Gasteiger partial charge in [-0.25, -0.2) is 13.4 Å². The molecule has 1 fully saturated rings. The molecule has 10 heteroatoms. The Kier molecular flexibility index (Phi) is 6.76. The Morgan fingerprint density at radius 1 is 1.39 bits per heavy atom. The molecule has 2 heterocycles. The lowest BCUT2D eigenvalue weighted by molar-refractivity contribution is -0.118. The number of carbonyl (C=O) groups is 1. The summed E-state index contributed by atoms with van der Waals surface area (Å²) >= 11 is 1.33. The molecule has 0 saturated carbocycles. The van der Waals surface area contributed by atoms with Crippen LogP contribution in [0.2, 0.25) is 0 Å². The molecular weight excluding hydrogens is 400 g/mol. The van der Waals surface area contributed by atoms with Gasteiger partial charge in [0.05, 0.1) is 34.9 Å². The number of nitrogens with zero attached hydrogens (tertiary/aromatic N) is 3. The maximum atomic E-state index is 12.9. The van der Waals surface area contributed by atoms with Crippen LogP contribution in [-0.4, -0.2) is 66.8 Å². The molecule has 1 aliphatic heterocycles. The van der Waals surface area contributed by atoms with Crippen LogP contribution < -0.4 is 5.32 Å². The second-order valence-electron chi connectivity index (χ2n) is 6.19. The molecule has 2 aromatic rings. The first kappa shape index (κ1) is 20.8. The van der Waals surface area contributed by atoms with E-state index in [0.717, 1.165) is 5.52 Å². The zero-order valence-electron chi connectivity index (χ0n) is 15.8. The highest BCUT2D eigenvalue weighted by molar-refractivity contribution is 7.99. The highest BCUT2D eigenvalue weighted by Gasteiger charge is 2.27. The third-order valence-corrected chi connectivity index (χ3v) is 7.26. The van der Waals surface area contributed by atoms with Crippen LogP contribution in [0, 0.1) is 0 Å². The number of fused-ring (bicyclic) bond motifs is 1. The zero-order chi connectivity index (χ0) is 20.1. The molecule has 1 saturated heterocycles. The number of amides is 1. The molecule has 8 nitrogen and oxygen atoms in total. The van der Waals surface area contributed by atoms with Gasteiger partial charge in [-0.1, -0.05) is 17.8 Å². The zero-order valence-corrected chi connectivity index (χ0v) is 17.4. The highest BCUT2D eigenvalue weighted by atomic mass is 32.2. The maximum absolute atomic E-state index is 12.9. The van der Waals surface area contributed by atoms with E-state index < -0.39 is 10.0 Å². The van der Waals surface area contributed by atoms with Crippen molar-refractivity contribution in [1.82, 2.24) is 19.2 Å². The van der Waals surface area contributed by atoms with Crippen molar-refractivity contribution in [2.45, 2.75) is 23.5 Å². The van der Waals surface area contributed by atoms with E-state index in [4.69, 9.17) is 4.74 Å². The molecule has 1 aromatic heterocycles. The summed E-state index contributed by atoms with van der Waals surface area (Å²) in [5, 5.41) is 3.42. The number of hydrogen-bond donors (Lipinski definition) is 1. The lowest BCUT2D eigenvalue weighted by atomic mass is 10.3. The van der Waals surface area contributed by atoms with Gasteiger partial charge in [-0.05, 0) is 25.1 Å². The van der Waals surface area contributed by atoms with Gasteiger partial charge in [-0.2, -0.15) is 4.31 Å². The Balaban J connectivity index is 1.86. The van der Waals surface area contributed by atoms with Gasteiger partial charge >= 0.3 is 0 Å². The van der Waals surface area contributed by atoms with Gasteiger partial charge in [0.25, 0.3) is 0 Å². The predicted molar refractivity (Wildman–Crippen MR) is 109 cm³/mol. The van der Waals surface area contributed by atoms with Gasteiger partial charge in [0, 0.05) is 26.2 Å². The molecule has 1 amide bonds. The number of morpholine rings is 1. The number of ether oxygens (including phenoxy) is 1. The molecule has 28 heavy (non-hydrogen) atoms. The Morgan fingerprint density at radius 3 is 2.82 bits per heavy atom. The van der Waals surface area contributed by atoms with Crippen molar-refractivity contribution in [1.29, 1.82) is 0 Å². The van der Waals surface area contributed by atoms with Crippen LogP contribution in [0.25, 0.3) is 11.0 Å². The van der Waals surface area contributed by atoms with Crippen molar-refractivity contribution in [3.05, 3.63) is 30.9 Å². The monoisotopic (exact) mass is 424 g/mol. The molecule has 1 N–H and O–H groups in total. The van der Waals surface area contributed by atoms with Gasteiger partial charge in [0.2, 0.25) is 15.9 Å². The van der Waals surface area contributed by atoms with E-state index in [9.17, 15) is 13.2 Å². The molecule has 1 aliphatic rings. The lowest BCUT2D eigenvalue weighted by Gasteiger charge is -2.26. The van der Waals surface area contributed by atoms with Crippen molar-refractivity contribution in [2.75, 3.05) is 38.6 Å². The second kappa shape index (κ2) is 9.08. The Bertz CT molecular complexity index is 965. The summed E-state index contributed by atoms with van der Waals surface area (Å²) in [6.45, 7) is 8.16. The topological polar surface area (TPSA) is 93.5 Å². The van der Waals surface area contributed by atoms with E-state index in [1.807, 2.05) is 11.5 Å². The van der Waals surface area contributed by atoms with Gasteiger partial charge < -0.3 is 14.6 Å². The number of aromatic nitrogens is 2. The van der Waals surface area contributed by atoms with Crippen LogP contribution in [0.1, 0.15) is 6.92 Å². The molecule has 1 aromatic carbocycles. The summed E-state index contributed by atoms with van der Waals surface area (Å²) in [4.78, 5) is 16.6. The van der Waals surface area contributed by atoms with Crippen LogP contribution >= 0.6 is 11.8 Å². The fraction of sp³-hybridized carbons (Fsp3) is 0.444. The Morgan fingerprint density at radius 2 is 2.14 bits per heavy atom. The van der Waals surface area contributed by atoms with Crippen molar-refractivity contribution >= 4 is 38.7 Å². The van der Waals surface area contributed by atoms with Crippen LogP contribution in [0.15, 0.2) is 40.9 Å². The van der Waals surface area contributed by atoms with Crippen molar-refractivity contribution in [3.63, 3.8) is 0 Å². The van der Waals surface area contributed by atoms with Crippen LogP contribution in [-0.2, 0) is 26.1 Å². The first-order valence-corrected chi connectivity index (χ1v) is 11.5. The average molecular weight is 425 g/mol. The largest absolute Gasteiger partial charge is 0.379 e. The summed E-state index contributed by atoms with van der Waals surface area (Å²) in [5.74, 6) is 0.131. The first-order chi connectivity index (χ1) is 13.5. The van der Waals surface area contributed by atoms with Crippen molar-refractivity contribution < 1.29 is 17.9 Å². The minimum absolute atomic E-state index is 0.102. The fourth-order valence-corrected chi connectivity index (χ4v) is 5.30. The molecule has 0 radical (unpaired) electrons. The normalized spacial score (nSPS) is 15.6. The van der Waals surface area contributed by atoms with E-state index in [1.54, 1.807) is 24.3 Å². The number of rotatable bonds is 8. The standard InChI is InChI=1S/C18H24N4O4S2/c1-3-7-19-17(23)13-27-18-20-15-12-14(5-6-16(15)22(18)4-2)28(24,25)21-8-10-26-11-9-21/h3,5-6,12H,1,4,7-11,13H2,2H3,(H,19,23). The van der Waals surface area contributed by atoms with Crippen molar-refractivity contribution in [2.24, 2.45) is 0 Å². The SMILES string of the molecule is C=CCNC(=O)CSc1nc2cc(S(=O)(=O)N3CCOCC3)ccc2n1CC. The molecule has 0 bridgehead atoms. The molecule has 0 atom stereocenters. The number of imidazole rings is 1. The lowest BCUT2D eigenvalue weighted by Crippen LogP contribution is -2.40.